The van der Waals surface area contributed by atoms with Gasteiger partial charge in [0.25, 0.3) is 0 Å². The summed E-state index contributed by atoms with van der Waals surface area (Å²) in [5, 5.41) is 9.09. The van der Waals surface area contributed by atoms with Crippen molar-refractivity contribution in [3.63, 3.8) is 0 Å². The molecule has 0 atom stereocenters. The number of allylic oxidation sites excluding steroid dienone is 3. The third-order valence-electron chi connectivity index (χ3n) is 4.56. The van der Waals surface area contributed by atoms with Crippen molar-refractivity contribution < 1.29 is 14.7 Å². The maximum Gasteiger partial charge on any atom is 0.202 e. The Hall–Kier alpha value is -2.40. The van der Waals surface area contributed by atoms with Crippen LogP contribution in [0, 0.1) is 13.8 Å². The quantitative estimate of drug-likeness (QED) is 0.613. The van der Waals surface area contributed by atoms with Crippen molar-refractivity contribution in [2.45, 2.75) is 27.2 Å². The molecule has 5 heteroatoms. The number of hydrogen-bond donors (Lipinski definition) is 2. The Balaban J connectivity index is 2.25. The lowest BCUT2D eigenvalue weighted by atomic mass is 9.91. The van der Waals surface area contributed by atoms with Gasteiger partial charge in [-0.15, -0.1) is 0 Å². The molecule has 0 radical (unpaired) electrons. The number of aliphatic hydroxyl groups is 1. The number of carbonyl (C=O) groups is 2. The summed E-state index contributed by atoms with van der Waals surface area (Å²) in [5.74, 6) is -0.348. The number of nitrogens with two attached hydrogens (primary N) is 1. The average Bonchev–Trinajstić information content (AvgIpc) is 2.56. The minimum absolute atomic E-state index is 0.0624. The monoisotopic (exact) mass is 328 g/mol. The summed E-state index contributed by atoms with van der Waals surface area (Å²) in [4.78, 5) is 26.5. The number of aliphatic hydroxyl groups excluding tert-OH is 1. The predicted octanol–water partition coefficient (Wildman–Crippen LogP) is 1.70. The van der Waals surface area contributed by atoms with Gasteiger partial charge in [-0.1, -0.05) is 6.07 Å². The Bertz CT molecular complexity index is 732. The maximum absolute atomic E-state index is 12.4. The second-order valence-corrected chi connectivity index (χ2v) is 5.97. The molecule has 0 saturated carbocycles. The van der Waals surface area contributed by atoms with Gasteiger partial charge in [0, 0.05) is 36.8 Å². The fourth-order valence-electron chi connectivity index (χ4n) is 2.84. The number of benzene rings is 1. The van der Waals surface area contributed by atoms with Crippen LogP contribution in [-0.2, 0) is 16.0 Å². The van der Waals surface area contributed by atoms with Gasteiger partial charge in [0.2, 0.25) is 5.78 Å². The Labute approximate surface area is 142 Å². The second-order valence-electron chi connectivity index (χ2n) is 5.97. The molecule has 0 aliphatic heterocycles. The van der Waals surface area contributed by atoms with Gasteiger partial charge in [0.05, 0.1) is 12.3 Å². The number of nitrogens with zero attached hydrogens (tertiary/aromatic N) is 1. The maximum atomic E-state index is 12.4. The van der Waals surface area contributed by atoms with Crippen molar-refractivity contribution in [3.05, 3.63) is 52.2 Å². The highest BCUT2D eigenvalue weighted by atomic mass is 16.3. The first-order valence-electron chi connectivity index (χ1n) is 8.10. The molecule has 1 aliphatic rings. The van der Waals surface area contributed by atoms with Crippen LogP contribution in [0.4, 0.5) is 5.69 Å². The standard InChI is InChI=1S/C19H24N2O3/c1-4-21(7-8-22)17-11-18(23)15(10-19(17)24)9-14-5-6-16(20)13(3)12(14)2/h5-6,10-11,22H,4,7-9,20H2,1-3H3. The molecular formula is C19H24N2O3. The highest BCUT2D eigenvalue weighted by Crippen LogP contribution is 2.24. The molecule has 0 amide bonds. The zero-order valence-electron chi connectivity index (χ0n) is 14.4. The van der Waals surface area contributed by atoms with Crippen molar-refractivity contribution >= 4 is 17.3 Å². The fraction of sp³-hybridized carbons (Fsp3) is 0.368. The lowest BCUT2D eigenvalue weighted by Crippen LogP contribution is -2.32. The van der Waals surface area contributed by atoms with E-state index in [9.17, 15) is 9.59 Å². The van der Waals surface area contributed by atoms with Gasteiger partial charge in [0.15, 0.2) is 5.78 Å². The molecule has 0 unspecified atom stereocenters. The van der Waals surface area contributed by atoms with E-state index in [2.05, 4.69) is 0 Å². The van der Waals surface area contributed by atoms with E-state index in [0.29, 0.717) is 30.8 Å². The topological polar surface area (TPSA) is 83.6 Å². The van der Waals surface area contributed by atoms with Gasteiger partial charge in [-0.3, -0.25) is 9.59 Å². The number of nitrogen functional groups attached to an aromatic ring is 1. The minimum Gasteiger partial charge on any atom is -0.399 e. The lowest BCUT2D eigenvalue weighted by Gasteiger charge is -2.25. The van der Waals surface area contributed by atoms with E-state index in [1.165, 1.54) is 12.2 Å². The van der Waals surface area contributed by atoms with E-state index < -0.39 is 0 Å². The van der Waals surface area contributed by atoms with E-state index in [1.54, 1.807) is 4.90 Å². The molecule has 3 N–H and O–H groups in total. The molecule has 24 heavy (non-hydrogen) atoms. The third-order valence-corrected chi connectivity index (χ3v) is 4.56. The molecule has 0 bridgehead atoms. The van der Waals surface area contributed by atoms with Gasteiger partial charge >= 0.3 is 0 Å². The number of rotatable bonds is 6. The van der Waals surface area contributed by atoms with Gasteiger partial charge < -0.3 is 15.7 Å². The van der Waals surface area contributed by atoms with Gasteiger partial charge in [-0.05, 0) is 49.6 Å². The summed E-state index contributed by atoms with van der Waals surface area (Å²) in [6.07, 6.45) is 3.21. The van der Waals surface area contributed by atoms with Crippen molar-refractivity contribution in [3.8, 4) is 0 Å². The van der Waals surface area contributed by atoms with Crippen molar-refractivity contribution in [1.82, 2.24) is 4.90 Å². The number of carbonyl (C=O) groups excluding carboxylic acids is 2. The molecule has 0 aromatic heterocycles. The van der Waals surface area contributed by atoms with Crippen LogP contribution in [0.5, 0.6) is 0 Å². The van der Waals surface area contributed by atoms with Crippen molar-refractivity contribution in [2.75, 3.05) is 25.4 Å². The first kappa shape index (κ1) is 17.9. The summed E-state index contributed by atoms with van der Waals surface area (Å²) in [6, 6.07) is 3.73. The van der Waals surface area contributed by atoms with Crippen LogP contribution in [0.3, 0.4) is 0 Å². The molecule has 2 rings (SSSR count). The fourth-order valence-corrected chi connectivity index (χ4v) is 2.84. The summed E-state index contributed by atoms with van der Waals surface area (Å²) < 4.78 is 0. The molecular weight excluding hydrogens is 304 g/mol. The van der Waals surface area contributed by atoms with Crippen molar-refractivity contribution in [1.29, 1.82) is 0 Å². The van der Waals surface area contributed by atoms with Crippen LogP contribution in [-0.4, -0.2) is 41.3 Å². The molecule has 1 aromatic rings. The predicted molar refractivity (Wildman–Crippen MR) is 94.5 cm³/mol. The Kier molecular flexibility index (Phi) is 5.57. The van der Waals surface area contributed by atoms with Crippen LogP contribution >= 0.6 is 0 Å². The van der Waals surface area contributed by atoms with Crippen LogP contribution < -0.4 is 5.73 Å². The zero-order valence-corrected chi connectivity index (χ0v) is 14.4. The van der Waals surface area contributed by atoms with Crippen molar-refractivity contribution in [2.24, 2.45) is 0 Å². The summed E-state index contributed by atoms with van der Waals surface area (Å²) >= 11 is 0. The Morgan fingerprint density at radius 1 is 1.08 bits per heavy atom. The molecule has 1 aromatic carbocycles. The van der Waals surface area contributed by atoms with E-state index in [-0.39, 0.29) is 18.2 Å². The summed E-state index contributed by atoms with van der Waals surface area (Å²) in [5.41, 5.74) is 10.5. The number of likely N-dealkylation sites (N-methyl/N-ethyl adjacent to an activating group) is 1. The highest BCUT2D eigenvalue weighted by Gasteiger charge is 2.24. The molecule has 0 heterocycles. The van der Waals surface area contributed by atoms with Gasteiger partial charge in [0.1, 0.15) is 0 Å². The van der Waals surface area contributed by atoms with Gasteiger partial charge in [-0.2, -0.15) is 0 Å². The summed E-state index contributed by atoms with van der Waals surface area (Å²) in [6.45, 7) is 6.63. The molecule has 128 valence electrons. The number of anilines is 1. The second kappa shape index (κ2) is 7.45. The SMILES string of the molecule is CCN(CCO)C1=CC(=O)C(Cc2ccc(N)c(C)c2C)=CC1=O. The van der Waals surface area contributed by atoms with E-state index in [1.807, 2.05) is 32.9 Å². The smallest absolute Gasteiger partial charge is 0.202 e. The minimum atomic E-state index is -0.190. The first-order valence-corrected chi connectivity index (χ1v) is 8.10. The zero-order chi connectivity index (χ0) is 17.9. The Morgan fingerprint density at radius 3 is 2.42 bits per heavy atom. The third kappa shape index (κ3) is 3.57. The van der Waals surface area contributed by atoms with Crippen LogP contribution in [0.1, 0.15) is 23.6 Å². The first-order chi connectivity index (χ1) is 11.4. The summed E-state index contributed by atoms with van der Waals surface area (Å²) in [7, 11) is 0. The number of hydrogen-bond acceptors (Lipinski definition) is 5. The van der Waals surface area contributed by atoms with Crippen LogP contribution in [0.25, 0.3) is 0 Å². The van der Waals surface area contributed by atoms with Crippen LogP contribution in [0.2, 0.25) is 0 Å². The van der Waals surface area contributed by atoms with Gasteiger partial charge in [-0.25, -0.2) is 0 Å². The molecule has 1 aliphatic carbocycles. The normalized spacial score (nSPS) is 14.5. The lowest BCUT2D eigenvalue weighted by molar-refractivity contribution is -0.116. The molecule has 0 fully saturated rings. The van der Waals surface area contributed by atoms with E-state index in [4.69, 9.17) is 10.8 Å². The van der Waals surface area contributed by atoms with E-state index >= 15 is 0 Å². The Morgan fingerprint density at radius 2 is 1.79 bits per heavy atom. The molecule has 0 spiro atoms. The largest absolute Gasteiger partial charge is 0.399 e. The number of ketones is 2. The molecule has 0 saturated heterocycles. The molecule has 5 nitrogen and oxygen atoms in total. The average molecular weight is 328 g/mol. The highest BCUT2D eigenvalue weighted by molar-refractivity contribution is 6.19. The van der Waals surface area contributed by atoms with Crippen LogP contribution in [0.15, 0.2) is 35.6 Å². The van der Waals surface area contributed by atoms with E-state index in [0.717, 1.165) is 22.4 Å².